The van der Waals surface area contributed by atoms with Crippen molar-refractivity contribution >= 4 is 17.5 Å². The zero-order chi connectivity index (χ0) is 16.9. The number of amides is 2. The lowest BCUT2D eigenvalue weighted by molar-refractivity contribution is -0.120. The first-order valence-electron chi connectivity index (χ1n) is 9.07. The minimum absolute atomic E-state index is 0.0442. The van der Waals surface area contributed by atoms with Crippen molar-refractivity contribution in [2.45, 2.75) is 45.1 Å². The summed E-state index contributed by atoms with van der Waals surface area (Å²) < 4.78 is 0. The van der Waals surface area contributed by atoms with Crippen molar-refractivity contribution in [3.05, 3.63) is 29.8 Å². The van der Waals surface area contributed by atoms with Crippen molar-refractivity contribution in [3.63, 3.8) is 0 Å². The highest BCUT2D eigenvalue weighted by Crippen LogP contribution is 2.20. The lowest BCUT2D eigenvalue weighted by atomic mass is 9.92. The third kappa shape index (κ3) is 4.15. The zero-order valence-electron chi connectivity index (χ0n) is 14.4. The number of hydrogen-bond donors (Lipinski definition) is 2. The number of carbonyl (C=O) groups excluding carboxylic acids is 2. The molecule has 3 rings (SSSR count). The molecule has 2 atom stereocenters. The summed E-state index contributed by atoms with van der Waals surface area (Å²) in [4.78, 5) is 27.0. The Morgan fingerprint density at radius 3 is 2.75 bits per heavy atom. The van der Waals surface area contributed by atoms with Gasteiger partial charge in [-0.15, -0.1) is 0 Å². The summed E-state index contributed by atoms with van der Waals surface area (Å²) in [6, 6.07) is 7.72. The minimum Gasteiger partial charge on any atom is -0.339 e. The van der Waals surface area contributed by atoms with Crippen molar-refractivity contribution in [1.29, 1.82) is 0 Å². The van der Waals surface area contributed by atoms with Crippen LogP contribution in [-0.2, 0) is 4.79 Å². The highest BCUT2D eigenvalue weighted by molar-refractivity contribution is 5.97. The predicted molar refractivity (Wildman–Crippen MR) is 95.0 cm³/mol. The van der Waals surface area contributed by atoms with Crippen molar-refractivity contribution < 1.29 is 9.59 Å². The smallest absolute Gasteiger partial charge is 0.253 e. The Balaban J connectivity index is 1.64. The van der Waals surface area contributed by atoms with E-state index in [4.69, 9.17) is 0 Å². The van der Waals surface area contributed by atoms with E-state index in [0.717, 1.165) is 45.3 Å². The summed E-state index contributed by atoms with van der Waals surface area (Å²) >= 11 is 0. The van der Waals surface area contributed by atoms with Crippen LogP contribution in [0.15, 0.2) is 24.3 Å². The molecule has 1 aromatic carbocycles. The number of rotatable bonds is 3. The molecule has 2 N–H and O–H groups in total. The molecule has 0 saturated carbocycles. The largest absolute Gasteiger partial charge is 0.339 e. The van der Waals surface area contributed by atoms with Crippen LogP contribution in [0.4, 0.5) is 5.69 Å². The Morgan fingerprint density at radius 1 is 1.21 bits per heavy atom. The minimum atomic E-state index is 0.0442. The molecule has 2 aliphatic rings. The van der Waals surface area contributed by atoms with Crippen LogP contribution in [0.1, 0.15) is 49.4 Å². The second-order valence-electron chi connectivity index (χ2n) is 7.00. The fraction of sp³-hybridized carbons (Fsp3) is 0.579. The van der Waals surface area contributed by atoms with Gasteiger partial charge in [-0.3, -0.25) is 9.59 Å². The summed E-state index contributed by atoms with van der Waals surface area (Å²) in [5, 5.41) is 6.35. The first-order chi connectivity index (χ1) is 11.6. The maximum atomic E-state index is 12.6. The van der Waals surface area contributed by atoms with Crippen molar-refractivity contribution in [1.82, 2.24) is 10.2 Å². The zero-order valence-corrected chi connectivity index (χ0v) is 14.4. The number of nitrogens with one attached hydrogen (secondary N) is 2. The van der Waals surface area contributed by atoms with Gasteiger partial charge < -0.3 is 15.5 Å². The average Bonchev–Trinajstić information content (AvgIpc) is 2.62. The number of likely N-dealkylation sites (tertiary alicyclic amines) is 1. The molecule has 5 nitrogen and oxygen atoms in total. The first kappa shape index (κ1) is 17.0. The third-order valence-electron chi connectivity index (χ3n) is 5.01. The van der Waals surface area contributed by atoms with Gasteiger partial charge in [0, 0.05) is 36.3 Å². The van der Waals surface area contributed by atoms with Gasteiger partial charge in [-0.2, -0.15) is 0 Å². The summed E-state index contributed by atoms with van der Waals surface area (Å²) in [6.07, 6.45) is 5.08. The molecule has 2 amide bonds. The van der Waals surface area contributed by atoms with E-state index < -0.39 is 0 Å². The maximum Gasteiger partial charge on any atom is 0.253 e. The maximum absolute atomic E-state index is 12.6. The summed E-state index contributed by atoms with van der Waals surface area (Å²) in [6.45, 7) is 4.66. The summed E-state index contributed by atoms with van der Waals surface area (Å²) in [5.74, 6) is 0.176. The van der Waals surface area contributed by atoms with E-state index in [1.54, 1.807) is 6.07 Å². The van der Waals surface area contributed by atoms with Gasteiger partial charge in [-0.05, 0) is 63.8 Å². The second-order valence-corrected chi connectivity index (χ2v) is 7.00. The molecule has 2 heterocycles. The van der Waals surface area contributed by atoms with Gasteiger partial charge in [0.25, 0.3) is 5.91 Å². The highest BCUT2D eigenvalue weighted by Gasteiger charge is 2.25. The molecule has 2 fully saturated rings. The number of anilines is 1. The Kier molecular flexibility index (Phi) is 5.51. The van der Waals surface area contributed by atoms with E-state index in [1.165, 1.54) is 6.42 Å². The topological polar surface area (TPSA) is 61.4 Å². The first-order valence-corrected chi connectivity index (χ1v) is 9.07. The van der Waals surface area contributed by atoms with Crippen LogP contribution in [0.5, 0.6) is 0 Å². The highest BCUT2D eigenvalue weighted by atomic mass is 16.2. The molecule has 2 saturated heterocycles. The molecule has 5 heteroatoms. The molecule has 24 heavy (non-hydrogen) atoms. The molecule has 0 aromatic heterocycles. The normalized spacial score (nSPS) is 24.5. The Bertz CT molecular complexity index is 596. The fourth-order valence-electron chi connectivity index (χ4n) is 3.62. The van der Waals surface area contributed by atoms with Gasteiger partial charge in [0.1, 0.15) is 0 Å². The van der Waals surface area contributed by atoms with Crippen LogP contribution >= 0.6 is 0 Å². The standard InChI is InChI=1S/C19H27N3O2/c1-14-12-15(8-9-20-14)18(23)21-17-7-5-6-16(13-17)19(24)22-10-3-2-4-11-22/h5-7,13-15,20H,2-4,8-12H2,1H3,(H,21,23)/t14-,15-/m0/s1. The molecule has 0 unspecified atom stereocenters. The quantitative estimate of drug-likeness (QED) is 0.896. The second kappa shape index (κ2) is 7.79. The van der Waals surface area contributed by atoms with Crippen LogP contribution < -0.4 is 10.6 Å². The number of nitrogens with zero attached hydrogens (tertiary/aromatic N) is 1. The van der Waals surface area contributed by atoms with Crippen LogP contribution in [0, 0.1) is 5.92 Å². The lowest BCUT2D eigenvalue weighted by Gasteiger charge is -2.27. The summed E-state index contributed by atoms with van der Waals surface area (Å²) in [5.41, 5.74) is 1.38. The molecule has 0 spiro atoms. The Labute approximate surface area is 143 Å². The van der Waals surface area contributed by atoms with Gasteiger partial charge >= 0.3 is 0 Å². The third-order valence-corrected chi connectivity index (χ3v) is 5.01. The van der Waals surface area contributed by atoms with Gasteiger partial charge in [0.2, 0.25) is 5.91 Å². The lowest BCUT2D eigenvalue weighted by Crippen LogP contribution is -2.40. The van der Waals surface area contributed by atoms with Crippen LogP contribution in [0.3, 0.4) is 0 Å². The molecule has 0 radical (unpaired) electrons. The molecule has 1 aromatic rings. The monoisotopic (exact) mass is 329 g/mol. The predicted octanol–water partition coefficient (Wildman–Crippen LogP) is 2.64. The number of piperidine rings is 2. The molecule has 0 bridgehead atoms. The van der Waals surface area contributed by atoms with Gasteiger partial charge in [0.05, 0.1) is 0 Å². The summed E-state index contributed by atoms with van der Waals surface area (Å²) in [7, 11) is 0. The van der Waals surface area contributed by atoms with Gasteiger partial charge in [-0.25, -0.2) is 0 Å². The van der Waals surface area contributed by atoms with Gasteiger partial charge in [-0.1, -0.05) is 6.07 Å². The van der Waals surface area contributed by atoms with E-state index in [0.29, 0.717) is 17.3 Å². The van der Waals surface area contributed by atoms with Crippen LogP contribution in [-0.4, -0.2) is 42.4 Å². The molecule has 130 valence electrons. The molecule has 2 aliphatic heterocycles. The van der Waals surface area contributed by atoms with Crippen molar-refractivity contribution in [3.8, 4) is 0 Å². The molecular formula is C19H27N3O2. The Morgan fingerprint density at radius 2 is 2.00 bits per heavy atom. The SMILES string of the molecule is C[C@H]1C[C@@H](C(=O)Nc2cccc(C(=O)N3CCCCC3)c2)CCN1. The average molecular weight is 329 g/mol. The number of hydrogen-bond acceptors (Lipinski definition) is 3. The van der Waals surface area contributed by atoms with Gasteiger partial charge in [0.15, 0.2) is 0 Å². The fourth-order valence-corrected chi connectivity index (χ4v) is 3.62. The molecule has 0 aliphatic carbocycles. The van der Waals surface area contributed by atoms with E-state index in [1.807, 2.05) is 23.1 Å². The van der Waals surface area contributed by atoms with Crippen LogP contribution in [0.2, 0.25) is 0 Å². The van der Waals surface area contributed by atoms with Crippen molar-refractivity contribution in [2.24, 2.45) is 5.92 Å². The number of carbonyl (C=O) groups is 2. The molecular weight excluding hydrogens is 302 g/mol. The Hall–Kier alpha value is -1.88. The van der Waals surface area contributed by atoms with E-state index in [2.05, 4.69) is 17.6 Å². The van der Waals surface area contributed by atoms with E-state index in [-0.39, 0.29) is 17.7 Å². The van der Waals surface area contributed by atoms with E-state index in [9.17, 15) is 9.59 Å². The van der Waals surface area contributed by atoms with Crippen LogP contribution in [0.25, 0.3) is 0 Å². The van der Waals surface area contributed by atoms with Crippen molar-refractivity contribution in [2.75, 3.05) is 25.0 Å². The van der Waals surface area contributed by atoms with E-state index >= 15 is 0 Å². The number of benzene rings is 1.